The SMILES string of the molecule is C=CC(=O)Oc1ccc2c(N(c3ccc(/C(=N\OC(C)=O)c4ccccc4)cc3)c3cc(/C(=N\OC(C)=O)c4ccccc4)cc(N4CCCC4)c3)cccc2c1. The number of carbonyl (C=O) groups is 3. The molecule has 1 saturated heterocycles. The van der Waals surface area contributed by atoms with E-state index in [1.807, 2.05) is 121 Å². The lowest BCUT2D eigenvalue weighted by atomic mass is 9.99. The van der Waals surface area contributed by atoms with Gasteiger partial charge in [-0.15, -0.1) is 0 Å². The van der Waals surface area contributed by atoms with Crippen LogP contribution in [0.15, 0.2) is 162 Å². The first-order valence-corrected chi connectivity index (χ1v) is 18.6. The van der Waals surface area contributed by atoms with E-state index in [4.69, 9.17) is 14.4 Å². The third-order valence-corrected chi connectivity index (χ3v) is 9.38. The van der Waals surface area contributed by atoms with Crippen LogP contribution in [0, 0.1) is 0 Å². The number of oxime groups is 2. The Hall–Kier alpha value is -7.33. The van der Waals surface area contributed by atoms with Crippen molar-refractivity contribution in [3.8, 4) is 5.75 Å². The summed E-state index contributed by atoms with van der Waals surface area (Å²) >= 11 is 0. The molecule has 7 rings (SSSR count). The van der Waals surface area contributed by atoms with Crippen LogP contribution in [-0.4, -0.2) is 42.4 Å². The Kier molecular flexibility index (Phi) is 11.6. The third kappa shape index (κ3) is 8.98. The predicted octanol–water partition coefficient (Wildman–Crippen LogP) is 9.63. The average Bonchev–Trinajstić information content (AvgIpc) is 3.78. The standard InChI is InChI=1S/C47H40N4O6/c1-4-45(54)55-42-24-25-43-37(30-42)18-13-19-44(43)51(39-22-20-36(21-23-39)46(48-56-32(2)52)34-14-7-5-8-15-34)41-29-38(28-40(31-41)50-26-11-12-27-50)47(49-57-33(3)53)35-16-9-6-10-17-35/h4-10,13-25,28-31H,1,11-12,26-27H2,2-3H3/b48-46-,49-47-. The van der Waals surface area contributed by atoms with E-state index < -0.39 is 17.9 Å². The lowest BCUT2D eigenvalue weighted by molar-refractivity contribution is -0.141. The highest BCUT2D eigenvalue weighted by Crippen LogP contribution is 2.42. The summed E-state index contributed by atoms with van der Waals surface area (Å²) in [5, 5.41) is 10.4. The average molecular weight is 757 g/mol. The van der Waals surface area contributed by atoms with E-state index in [0.717, 1.165) is 87.8 Å². The zero-order valence-electron chi connectivity index (χ0n) is 31.6. The van der Waals surface area contributed by atoms with E-state index in [9.17, 15) is 14.4 Å². The number of rotatable bonds is 12. The number of esters is 1. The van der Waals surface area contributed by atoms with Gasteiger partial charge < -0.3 is 24.2 Å². The summed E-state index contributed by atoms with van der Waals surface area (Å²) in [4.78, 5) is 51.0. The molecule has 284 valence electrons. The first-order valence-electron chi connectivity index (χ1n) is 18.6. The van der Waals surface area contributed by atoms with Gasteiger partial charge in [-0.05, 0) is 72.8 Å². The highest BCUT2D eigenvalue weighted by Gasteiger charge is 2.23. The Labute approximate surface area is 330 Å². The van der Waals surface area contributed by atoms with Crippen LogP contribution in [0.25, 0.3) is 10.8 Å². The molecule has 1 aliphatic rings. The van der Waals surface area contributed by atoms with Gasteiger partial charge in [0, 0.05) is 77.7 Å². The molecule has 10 heteroatoms. The third-order valence-electron chi connectivity index (χ3n) is 9.38. The number of ether oxygens (including phenoxy) is 1. The molecule has 0 bridgehead atoms. The molecule has 0 aromatic heterocycles. The minimum absolute atomic E-state index is 0.397. The highest BCUT2D eigenvalue weighted by molar-refractivity contribution is 6.15. The monoisotopic (exact) mass is 756 g/mol. The second-order valence-electron chi connectivity index (χ2n) is 13.4. The van der Waals surface area contributed by atoms with Gasteiger partial charge >= 0.3 is 17.9 Å². The quantitative estimate of drug-likeness (QED) is 0.0303. The smallest absolute Gasteiger partial charge is 0.335 e. The van der Waals surface area contributed by atoms with Crippen LogP contribution in [-0.2, 0) is 24.1 Å². The van der Waals surface area contributed by atoms with Crippen LogP contribution in [0.3, 0.4) is 0 Å². The van der Waals surface area contributed by atoms with Gasteiger partial charge in [-0.1, -0.05) is 102 Å². The molecule has 1 fully saturated rings. The Morgan fingerprint density at radius 2 is 1.23 bits per heavy atom. The fourth-order valence-corrected chi connectivity index (χ4v) is 6.83. The van der Waals surface area contributed by atoms with Crippen molar-refractivity contribution in [2.24, 2.45) is 10.3 Å². The van der Waals surface area contributed by atoms with Crippen molar-refractivity contribution in [1.82, 2.24) is 0 Å². The molecule has 0 atom stereocenters. The van der Waals surface area contributed by atoms with E-state index in [0.29, 0.717) is 17.2 Å². The summed E-state index contributed by atoms with van der Waals surface area (Å²) in [7, 11) is 0. The van der Waals surface area contributed by atoms with Crippen LogP contribution in [0.4, 0.5) is 22.7 Å². The first-order chi connectivity index (χ1) is 27.8. The molecule has 0 saturated carbocycles. The van der Waals surface area contributed by atoms with Crippen molar-refractivity contribution in [2.45, 2.75) is 26.7 Å². The van der Waals surface area contributed by atoms with Gasteiger partial charge in [-0.25, -0.2) is 14.4 Å². The molecule has 0 N–H and O–H groups in total. The lowest BCUT2D eigenvalue weighted by Gasteiger charge is -2.29. The van der Waals surface area contributed by atoms with Gasteiger partial charge in [0.1, 0.15) is 17.2 Å². The van der Waals surface area contributed by atoms with E-state index in [2.05, 4.69) is 38.8 Å². The Morgan fingerprint density at radius 3 is 1.82 bits per heavy atom. The lowest BCUT2D eigenvalue weighted by Crippen LogP contribution is -2.20. The largest absolute Gasteiger partial charge is 0.423 e. The van der Waals surface area contributed by atoms with Gasteiger partial charge in [0.2, 0.25) is 0 Å². The Balaban J connectivity index is 1.44. The summed E-state index contributed by atoms with van der Waals surface area (Å²) in [5.74, 6) is -1.20. The predicted molar refractivity (Wildman–Crippen MR) is 224 cm³/mol. The van der Waals surface area contributed by atoms with Crippen molar-refractivity contribution in [3.63, 3.8) is 0 Å². The number of nitrogens with zero attached hydrogens (tertiary/aromatic N) is 4. The Bertz CT molecular complexity index is 2490. The summed E-state index contributed by atoms with van der Waals surface area (Å²) < 4.78 is 5.48. The molecule has 0 spiro atoms. The van der Waals surface area contributed by atoms with Crippen molar-refractivity contribution in [1.29, 1.82) is 0 Å². The summed E-state index contributed by atoms with van der Waals surface area (Å²) in [5.41, 5.74) is 7.54. The molecule has 1 heterocycles. The fraction of sp³-hybridized carbons (Fsp3) is 0.128. The van der Waals surface area contributed by atoms with Crippen molar-refractivity contribution >= 4 is 62.9 Å². The fourth-order valence-electron chi connectivity index (χ4n) is 6.83. The van der Waals surface area contributed by atoms with Crippen molar-refractivity contribution in [3.05, 3.63) is 174 Å². The maximum Gasteiger partial charge on any atom is 0.335 e. The van der Waals surface area contributed by atoms with Gasteiger partial charge in [-0.2, -0.15) is 0 Å². The second kappa shape index (κ2) is 17.4. The molecule has 0 amide bonds. The van der Waals surface area contributed by atoms with Crippen LogP contribution in [0.1, 0.15) is 48.9 Å². The van der Waals surface area contributed by atoms with Crippen LogP contribution in [0.5, 0.6) is 5.75 Å². The number of hydrogen-bond acceptors (Lipinski definition) is 10. The van der Waals surface area contributed by atoms with Crippen LogP contribution < -0.4 is 14.5 Å². The van der Waals surface area contributed by atoms with E-state index in [-0.39, 0.29) is 0 Å². The summed E-state index contributed by atoms with van der Waals surface area (Å²) in [6.07, 6.45) is 3.27. The number of anilines is 4. The van der Waals surface area contributed by atoms with Crippen LogP contribution in [0.2, 0.25) is 0 Å². The molecular weight excluding hydrogens is 717 g/mol. The normalized spacial score (nSPS) is 12.9. The van der Waals surface area contributed by atoms with Crippen molar-refractivity contribution < 1.29 is 28.8 Å². The van der Waals surface area contributed by atoms with E-state index in [1.165, 1.54) is 13.8 Å². The molecule has 0 unspecified atom stereocenters. The topological polar surface area (TPSA) is 110 Å². The zero-order chi connectivity index (χ0) is 39.7. The minimum Gasteiger partial charge on any atom is -0.423 e. The maximum atomic E-state index is 12.1. The van der Waals surface area contributed by atoms with E-state index >= 15 is 0 Å². The second-order valence-corrected chi connectivity index (χ2v) is 13.4. The molecule has 1 aliphatic heterocycles. The summed E-state index contributed by atoms with van der Waals surface area (Å²) in [6, 6.07) is 44.8. The number of hydrogen-bond donors (Lipinski definition) is 0. The zero-order valence-corrected chi connectivity index (χ0v) is 31.6. The molecule has 10 nitrogen and oxygen atoms in total. The molecule has 6 aromatic rings. The number of fused-ring (bicyclic) bond motifs is 1. The molecule has 0 radical (unpaired) electrons. The van der Waals surface area contributed by atoms with Gasteiger partial charge in [0.15, 0.2) is 0 Å². The highest BCUT2D eigenvalue weighted by atomic mass is 16.7. The first kappa shape index (κ1) is 38.0. The Morgan fingerprint density at radius 1 is 0.632 bits per heavy atom. The number of benzene rings is 6. The van der Waals surface area contributed by atoms with Crippen LogP contribution >= 0.6 is 0 Å². The minimum atomic E-state index is -0.546. The van der Waals surface area contributed by atoms with Gasteiger partial charge in [-0.3, -0.25) is 0 Å². The maximum absolute atomic E-state index is 12.1. The van der Waals surface area contributed by atoms with Gasteiger partial charge in [0.25, 0.3) is 0 Å². The number of carbonyl (C=O) groups excluding carboxylic acids is 3. The van der Waals surface area contributed by atoms with Crippen molar-refractivity contribution in [2.75, 3.05) is 22.9 Å². The molecule has 0 aliphatic carbocycles. The van der Waals surface area contributed by atoms with E-state index in [1.54, 1.807) is 6.07 Å². The van der Waals surface area contributed by atoms with Gasteiger partial charge in [0.05, 0.1) is 5.69 Å². The molecular formula is C47H40N4O6. The molecule has 6 aromatic carbocycles. The molecule has 57 heavy (non-hydrogen) atoms. The summed E-state index contributed by atoms with van der Waals surface area (Å²) in [6.45, 7) is 7.95.